The number of anilines is 2. The number of ether oxygens (including phenoxy) is 1. The number of hydrogen-bond donors (Lipinski definition) is 2. The summed E-state index contributed by atoms with van der Waals surface area (Å²) in [4.78, 5) is 11.4. The number of hydrogen-bond acceptors (Lipinski definition) is 6. The molecule has 0 spiro atoms. The van der Waals surface area contributed by atoms with Gasteiger partial charge in [0.2, 0.25) is 0 Å². The first-order chi connectivity index (χ1) is 10.3. The van der Waals surface area contributed by atoms with E-state index < -0.39 is 0 Å². The van der Waals surface area contributed by atoms with Gasteiger partial charge in [0.05, 0.1) is 0 Å². The second-order valence-electron chi connectivity index (χ2n) is 5.27. The van der Waals surface area contributed by atoms with Crippen LogP contribution in [0.15, 0.2) is 6.07 Å². The lowest BCUT2D eigenvalue weighted by atomic mass is 10.1. The van der Waals surface area contributed by atoms with Gasteiger partial charge in [0, 0.05) is 38.9 Å². The largest absolute Gasteiger partial charge is 0.396 e. The van der Waals surface area contributed by atoms with Crippen LogP contribution >= 0.6 is 0 Å². The summed E-state index contributed by atoms with van der Waals surface area (Å²) in [6.45, 7) is 4.34. The first-order valence-corrected chi connectivity index (χ1v) is 7.79. The molecule has 2 N–H and O–H groups in total. The fraction of sp³-hybridized carbons (Fsp3) is 0.733. The molecule has 0 saturated carbocycles. The van der Waals surface area contributed by atoms with Crippen LogP contribution in [-0.4, -0.2) is 47.9 Å². The molecular formula is C15H26N4O2. The lowest BCUT2D eigenvalue weighted by molar-refractivity contribution is 0.128. The highest BCUT2D eigenvalue weighted by atomic mass is 16.5. The average Bonchev–Trinajstić information content (AvgIpc) is 2.99. The molecule has 0 aliphatic carbocycles. The van der Waals surface area contributed by atoms with E-state index in [2.05, 4.69) is 20.2 Å². The van der Waals surface area contributed by atoms with Gasteiger partial charge in [-0.05, 0) is 32.6 Å². The third kappa shape index (κ3) is 4.28. The molecule has 0 aromatic carbocycles. The highest BCUT2D eigenvalue weighted by molar-refractivity contribution is 5.50. The number of nitrogens with one attached hydrogen (secondary N) is 1. The molecule has 1 atom stereocenters. The van der Waals surface area contributed by atoms with Crippen molar-refractivity contribution in [3.63, 3.8) is 0 Å². The Morgan fingerprint density at radius 3 is 3.05 bits per heavy atom. The number of rotatable bonds is 8. The molecular weight excluding hydrogens is 268 g/mol. The zero-order valence-corrected chi connectivity index (χ0v) is 13.0. The maximum atomic E-state index is 9.04. The number of nitrogens with zero attached hydrogens (tertiary/aromatic N) is 3. The Hall–Kier alpha value is -1.40. The summed E-state index contributed by atoms with van der Waals surface area (Å²) in [6, 6.07) is 2.46. The minimum absolute atomic E-state index is 0.255. The van der Waals surface area contributed by atoms with Gasteiger partial charge < -0.3 is 20.1 Å². The lowest BCUT2D eigenvalue weighted by Crippen LogP contribution is -2.30. The van der Waals surface area contributed by atoms with Gasteiger partial charge in [0.15, 0.2) is 5.82 Å². The molecule has 118 valence electrons. The molecule has 21 heavy (non-hydrogen) atoms. The van der Waals surface area contributed by atoms with Gasteiger partial charge in [0.1, 0.15) is 18.2 Å². The summed E-state index contributed by atoms with van der Waals surface area (Å²) in [7, 11) is 1.86. The SMILES string of the molecule is CCOCc1nc(NC)cc(N2CCCC2CCCO)n1. The molecule has 1 aliphatic rings. The highest BCUT2D eigenvalue weighted by Crippen LogP contribution is 2.28. The monoisotopic (exact) mass is 294 g/mol. The first-order valence-electron chi connectivity index (χ1n) is 7.79. The Balaban J connectivity index is 2.16. The van der Waals surface area contributed by atoms with E-state index in [0.717, 1.165) is 31.0 Å². The van der Waals surface area contributed by atoms with Crippen LogP contribution in [0.4, 0.5) is 11.6 Å². The van der Waals surface area contributed by atoms with Gasteiger partial charge in [-0.3, -0.25) is 0 Å². The Kier molecular flexibility index (Phi) is 6.20. The van der Waals surface area contributed by atoms with Gasteiger partial charge in [-0.25, -0.2) is 9.97 Å². The molecule has 1 saturated heterocycles. The summed E-state index contributed by atoms with van der Waals surface area (Å²) in [5.41, 5.74) is 0. The van der Waals surface area contributed by atoms with Crippen LogP contribution in [0.2, 0.25) is 0 Å². The minimum atomic E-state index is 0.255. The fourth-order valence-electron chi connectivity index (χ4n) is 2.78. The molecule has 6 heteroatoms. The molecule has 2 heterocycles. The Morgan fingerprint density at radius 1 is 1.48 bits per heavy atom. The number of aliphatic hydroxyl groups is 1. The topological polar surface area (TPSA) is 70.5 Å². The van der Waals surface area contributed by atoms with Crippen LogP contribution in [0, 0.1) is 0 Å². The maximum Gasteiger partial charge on any atom is 0.158 e. The molecule has 1 unspecified atom stereocenters. The predicted octanol–water partition coefficient (Wildman–Crippen LogP) is 1.80. The smallest absolute Gasteiger partial charge is 0.158 e. The van der Waals surface area contributed by atoms with Crippen molar-refractivity contribution in [3.8, 4) is 0 Å². The zero-order valence-electron chi connectivity index (χ0n) is 13.0. The molecule has 1 aromatic heterocycles. The first kappa shape index (κ1) is 16.0. The van der Waals surface area contributed by atoms with Crippen molar-refractivity contribution in [1.29, 1.82) is 0 Å². The Morgan fingerprint density at radius 2 is 2.33 bits per heavy atom. The molecule has 2 rings (SSSR count). The van der Waals surface area contributed by atoms with Crippen molar-refractivity contribution < 1.29 is 9.84 Å². The van der Waals surface area contributed by atoms with Gasteiger partial charge in [-0.2, -0.15) is 0 Å². The molecule has 6 nitrogen and oxygen atoms in total. The van der Waals surface area contributed by atoms with Gasteiger partial charge in [-0.1, -0.05) is 0 Å². The van der Waals surface area contributed by atoms with Gasteiger partial charge in [0.25, 0.3) is 0 Å². The van der Waals surface area contributed by atoms with Crippen molar-refractivity contribution in [1.82, 2.24) is 9.97 Å². The van der Waals surface area contributed by atoms with Gasteiger partial charge >= 0.3 is 0 Å². The van der Waals surface area contributed by atoms with E-state index in [-0.39, 0.29) is 6.61 Å². The molecule has 0 amide bonds. The average molecular weight is 294 g/mol. The Bertz CT molecular complexity index is 442. The van der Waals surface area contributed by atoms with E-state index >= 15 is 0 Å². The van der Waals surface area contributed by atoms with Crippen LogP contribution < -0.4 is 10.2 Å². The lowest BCUT2D eigenvalue weighted by Gasteiger charge is -2.26. The quantitative estimate of drug-likeness (QED) is 0.762. The summed E-state index contributed by atoms with van der Waals surface area (Å²) in [5.74, 6) is 2.50. The molecule has 1 aromatic rings. The van der Waals surface area contributed by atoms with Crippen molar-refractivity contribution in [2.24, 2.45) is 0 Å². The van der Waals surface area contributed by atoms with E-state index in [1.165, 1.54) is 12.8 Å². The summed E-state index contributed by atoms with van der Waals surface area (Å²) in [6.07, 6.45) is 4.20. The Labute approximate surface area is 126 Å². The van der Waals surface area contributed by atoms with Crippen LogP contribution in [0.25, 0.3) is 0 Å². The van der Waals surface area contributed by atoms with Crippen LogP contribution in [0.3, 0.4) is 0 Å². The second-order valence-corrected chi connectivity index (χ2v) is 5.27. The summed E-state index contributed by atoms with van der Waals surface area (Å²) >= 11 is 0. The van der Waals surface area contributed by atoms with Crippen molar-refractivity contribution in [3.05, 3.63) is 11.9 Å². The van der Waals surface area contributed by atoms with Crippen LogP contribution in [0.5, 0.6) is 0 Å². The number of aromatic nitrogens is 2. The molecule has 0 radical (unpaired) electrons. The maximum absolute atomic E-state index is 9.04. The predicted molar refractivity (Wildman–Crippen MR) is 83.6 cm³/mol. The second kappa shape index (κ2) is 8.14. The minimum Gasteiger partial charge on any atom is -0.396 e. The van der Waals surface area contributed by atoms with Crippen molar-refractivity contribution >= 4 is 11.6 Å². The molecule has 1 fully saturated rings. The fourth-order valence-corrected chi connectivity index (χ4v) is 2.78. The van der Waals surface area contributed by atoms with E-state index in [4.69, 9.17) is 9.84 Å². The zero-order chi connectivity index (χ0) is 15.1. The van der Waals surface area contributed by atoms with Gasteiger partial charge in [-0.15, -0.1) is 0 Å². The summed E-state index contributed by atoms with van der Waals surface area (Å²) < 4.78 is 5.42. The van der Waals surface area contributed by atoms with Crippen molar-refractivity contribution in [2.75, 3.05) is 37.0 Å². The van der Waals surface area contributed by atoms with E-state index in [1.807, 2.05) is 20.0 Å². The third-order valence-corrected chi connectivity index (χ3v) is 3.82. The van der Waals surface area contributed by atoms with Crippen LogP contribution in [-0.2, 0) is 11.3 Å². The third-order valence-electron chi connectivity index (χ3n) is 3.82. The standard InChI is InChI=1S/C15H26N4O2/c1-3-21-11-14-17-13(16-2)10-15(18-14)19-8-4-6-12(19)7-5-9-20/h10,12,20H,3-9,11H2,1-2H3,(H,16,17,18). The number of aliphatic hydroxyl groups excluding tert-OH is 1. The molecule has 0 bridgehead atoms. The summed E-state index contributed by atoms with van der Waals surface area (Å²) in [5, 5.41) is 12.1. The molecule has 1 aliphatic heterocycles. The highest BCUT2D eigenvalue weighted by Gasteiger charge is 2.25. The van der Waals surface area contributed by atoms with E-state index in [1.54, 1.807) is 0 Å². The van der Waals surface area contributed by atoms with Crippen LogP contribution in [0.1, 0.15) is 38.4 Å². The van der Waals surface area contributed by atoms with E-state index in [9.17, 15) is 0 Å². The van der Waals surface area contributed by atoms with Crippen molar-refractivity contribution in [2.45, 2.75) is 45.3 Å². The van der Waals surface area contributed by atoms with E-state index in [0.29, 0.717) is 25.1 Å². The normalized spacial score (nSPS) is 18.2.